The molecule has 2 fully saturated rings. The summed E-state index contributed by atoms with van der Waals surface area (Å²) < 4.78 is 0. The van der Waals surface area contributed by atoms with Crippen molar-refractivity contribution in [3.63, 3.8) is 0 Å². The minimum atomic E-state index is 0.0918. The van der Waals surface area contributed by atoms with Crippen LogP contribution in [-0.4, -0.2) is 46.8 Å². The number of hydrogen-bond donors (Lipinski definition) is 0. The van der Waals surface area contributed by atoms with Gasteiger partial charge in [0.25, 0.3) is 0 Å². The Balaban J connectivity index is 1.97. The summed E-state index contributed by atoms with van der Waals surface area (Å²) in [6, 6.07) is 0.728. The molecule has 0 aromatic rings. The third-order valence-corrected chi connectivity index (χ3v) is 7.48. The van der Waals surface area contributed by atoms with E-state index < -0.39 is 0 Å². The monoisotopic (exact) mass is 434 g/mol. The van der Waals surface area contributed by atoms with Gasteiger partial charge in [-0.2, -0.15) is 0 Å². The van der Waals surface area contributed by atoms with E-state index in [-0.39, 0.29) is 18.2 Å². The van der Waals surface area contributed by atoms with Gasteiger partial charge in [-0.3, -0.25) is 9.59 Å². The summed E-state index contributed by atoms with van der Waals surface area (Å²) in [5.74, 6) is 0.200. The molecule has 0 N–H and O–H groups in total. The number of hydrogen-bond acceptors (Lipinski definition) is 2. The molecule has 31 heavy (non-hydrogen) atoms. The maximum atomic E-state index is 13.4. The topological polar surface area (TPSA) is 40.6 Å². The molecule has 2 amide bonds. The third-order valence-electron chi connectivity index (χ3n) is 7.48. The normalized spacial score (nSPS) is 18.1. The van der Waals surface area contributed by atoms with Gasteiger partial charge in [0.1, 0.15) is 6.42 Å². The van der Waals surface area contributed by atoms with Crippen molar-refractivity contribution in [2.45, 2.75) is 148 Å². The summed E-state index contributed by atoms with van der Waals surface area (Å²) in [6.07, 6.45) is 21.5. The standard InChI is InChI=1S/C27H50N2O2/c1-3-5-7-15-21-28(24-17-11-9-12-18-24)26(30)23-27(31)29(22-16-8-6-4-2)25-19-13-10-14-20-25/h24-25H,3-23H2,1-2H3. The van der Waals surface area contributed by atoms with Crippen molar-refractivity contribution in [3.05, 3.63) is 0 Å². The zero-order chi connectivity index (χ0) is 22.3. The molecule has 0 radical (unpaired) electrons. The molecule has 2 saturated carbocycles. The lowest BCUT2D eigenvalue weighted by Gasteiger charge is -2.37. The molecule has 0 atom stereocenters. The Morgan fingerprint density at radius 1 is 0.581 bits per heavy atom. The first-order chi connectivity index (χ1) is 15.2. The molecule has 2 rings (SSSR count). The van der Waals surface area contributed by atoms with Crippen LogP contribution in [0.15, 0.2) is 0 Å². The van der Waals surface area contributed by atoms with E-state index >= 15 is 0 Å². The quantitative estimate of drug-likeness (QED) is 0.221. The van der Waals surface area contributed by atoms with E-state index in [0.717, 1.165) is 51.6 Å². The van der Waals surface area contributed by atoms with Crippen LogP contribution in [0.3, 0.4) is 0 Å². The van der Waals surface area contributed by atoms with Crippen LogP contribution in [-0.2, 0) is 9.59 Å². The Bertz CT molecular complexity index is 451. The first-order valence-electron chi connectivity index (χ1n) is 13.8. The molecular weight excluding hydrogens is 384 g/mol. The van der Waals surface area contributed by atoms with Crippen molar-refractivity contribution in [2.75, 3.05) is 13.1 Å². The van der Waals surface area contributed by atoms with Crippen molar-refractivity contribution in [1.29, 1.82) is 0 Å². The Morgan fingerprint density at radius 3 is 1.32 bits per heavy atom. The summed E-state index contributed by atoms with van der Waals surface area (Å²) in [7, 11) is 0. The van der Waals surface area contributed by atoms with E-state index in [1.54, 1.807) is 0 Å². The highest BCUT2D eigenvalue weighted by Gasteiger charge is 2.30. The summed E-state index contributed by atoms with van der Waals surface area (Å²) in [4.78, 5) is 30.9. The van der Waals surface area contributed by atoms with Crippen LogP contribution < -0.4 is 0 Å². The zero-order valence-corrected chi connectivity index (χ0v) is 20.7. The van der Waals surface area contributed by atoms with E-state index in [1.165, 1.54) is 77.0 Å². The van der Waals surface area contributed by atoms with Crippen molar-refractivity contribution in [3.8, 4) is 0 Å². The van der Waals surface area contributed by atoms with Crippen molar-refractivity contribution in [1.82, 2.24) is 9.80 Å². The summed E-state index contributed by atoms with van der Waals surface area (Å²) in [6.45, 7) is 6.14. The molecule has 0 aliphatic heterocycles. The van der Waals surface area contributed by atoms with E-state index in [0.29, 0.717) is 12.1 Å². The van der Waals surface area contributed by atoms with Gasteiger partial charge < -0.3 is 9.80 Å². The van der Waals surface area contributed by atoms with Gasteiger partial charge in [-0.1, -0.05) is 90.9 Å². The third kappa shape index (κ3) is 9.53. The number of unbranched alkanes of at least 4 members (excludes halogenated alkanes) is 6. The maximum Gasteiger partial charge on any atom is 0.232 e. The number of rotatable bonds is 14. The Hall–Kier alpha value is -1.06. The molecule has 4 nitrogen and oxygen atoms in total. The summed E-state index contributed by atoms with van der Waals surface area (Å²) in [5.41, 5.74) is 0. The van der Waals surface area contributed by atoms with Crippen molar-refractivity contribution < 1.29 is 9.59 Å². The highest BCUT2D eigenvalue weighted by Crippen LogP contribution is 2.26. The SMILES string of the molecule is CCCCCCN(C(=O)CC(=O)N(CCCCCC)C1CCCCC1)C1CCCCC1. The fourth-order valence-electron chi connectivity index (χ4n) is 5.56. The molecule has 0 heterocycles. The van der Waals surface area contributed by atoms with Gasteiger partial charge in [0.2, 0.25) is 11.8 Å². The number of amides is 2. The smallest absolute Gasteiger partial charge is 0.232 e. The predicted octanol–water partition coefficient (Wildman–Crippen LogP) is 6.86. The second-order valence-electron chi connectivity index (χ2n) is 10.1. The molecule has 0 saturated heterocycles. The van der Waals surface area contributed by atoms with Gasteiger partial charge in [-0.15, -0.1) is 0 Å². The largest absolute Gasteiger partial charge is 0.339 e. The highest BCUT2D eigenvalue weighted by atomic mass is 16.2. The van der Waals surface area contributed by atoms with Crippen LogP contribution in [0.5, 0.6) is 0 Å². The summed E-state index contributed by atoms with van der Waals surface area (Å²) in [5, 5.41) is 0. The number of carbonyl (C=O) groups is 2. The fourth-order valence-corrected chi connectivity index (χ4v) is 5.56. The molecule has 0 spiro atoms. The second-order valence-corrected chi connectivity index (χ2v) is 10.1. The fraction of sp³-hybridized carbons (Fsp3) is 0.926. The van der Waals surface area contributed by atoms with Crippen LogP contribution >= 0.6 is 0 Å². The zero-order valence-electron chi connectivity index (χ0n) is 20.7. The van der Waals surface area contributed by atoms with E-state index in [9.17, 15) is 9.59 Å². The second kappa shape index (κ2) is 15.7. The lowest BCUT2D eigenvalue weighted by atomic mass is 9.93. The molecule has 180 valence electrons. The first-order valence-corrected chi connectivity index (χ1v) is 13.8. The number of carbonyl (C=O) groups excluding carboxylic acids is 2. The van der Waals surface area contributed by atoms with Crippen molar-refractivity contribution >= 4 is 11.8 Å². The Kier molecular flexibility index (Phi) is 13.3. The molecule has 0 aromatic carbocycles. The molecule has 2 aliphatic rings. The minimum absolute atomic E-state index is 0.0918. The van der Waals surface area contributed by atoms with Gasteiger partial charge >= 0.3 is 0 Å². The van der Waals surface area contributed by atoms with Gasteiger partial charge in [0.05, 0.1) is 0 Å². The lowest BCUT2D eigenvalue weighted by molar-refractivity contribution is -0.144. The molecule has 0 aromatic heterocycles. The highest BCUT2D eigenvalue weighted by molar-refractivity contribution is 5.97. The maximum absolute atomic E-state index is 13.4. The van der Waals surface area contributed by atoms with E-state index in [4.69, 9.17) is 0 Å². The Morgan fingerprint density at radius 2 is 0.968 bits per heavy atom. The van der Waals surface area contributed by atoms with Gasteiger partial charge in [-0.05, 0) is 38.5 Å². The van der Waals surface area contributed by atoms with Gasteiger partial charge in [-0.25, -0.2) is 0 Å². The average molecular weight is 435 g/mol. The molecular formula is C27H50N2O2. The van der Waals surface area contributed by atoms with Crippen LogP contribution in [0.25, 0.3) is 0 Å². The minimum Gasteiger partial charge on any atom is -0.339 e. The summed E-state index contributed by atoms with van der Waals surface area (Å²) >= 11 is 0. The van der Waals surface area contributed by atoms with Gasteiger partial charge in [0, 0.05) is 25.2 Å². The van der Waals surface area contributed by atoms with Crippen LogP contribution in [0.4, 0.5) is 0 Å². The van der Waals surface area contributed by atoms with Crippen molar-refractivity contribution in [2.24, 2.45) is 0 Å². The number of nitrogens with zero attached hydrogens (tertiary/aromatic N) is 2. The molecule has 4 heteroatoms. The van der Waals surface area contributed by atoms with E-state index in [1.807, 2.05) is 0 Å². The average Bonchev–Trinajstić information content (AvgIpc) is 2.80. The van der Waals surface area contributed by atoms with Crippen LogP contribution in [0, 0.1) is 0 Å². The molecule has 0 unspecified atom stereocenters. The van der Waals surface area contributed by atoms with E-state index in [2.05, 4.69) is 23.6 Å². The molecule has 2 aliphatic carbocycles. The predicted molar refractivity (Wildman–Crippen MR) is 130 cm³/mol. The van der Waals surface area contributed by atoms with Crippen LogP contribution in [0.1, 0.15) is 136 Å². The molecule has 0 bridgehead atoms. The lowest BCUT2D eigenvalue weighted by Crippen LogP contribution is -2.47. The van der Waals surface area contributed by atoms with Crippen LogP contribution in [0.2, 0.25) is 0 Å². The first kappa shape index (κ1) is 26.2. The van der Waals surface area contributed by atoms with Gasteiger partial charge in [0.15, 0.2) is 0 Å². The Labute approximate surface area is 192 Å².